The van der Waals surface area contributed by atoms with E-state index in [2.05, 4.69) is 15.0 Å². The van der Waals surface area contributed by atoms with E-state index in [-0.39, 0.29) is 11.4 Å². The molecule has 0 unspecified atom stereocenters. The van der Waals surface area contributed by atoms with Gasteiger partial charge in [-0.1, -0.05) is 23.8 Å². The zero-order chi connectivity index (χ0) is 20.2. The van der Waals surface area contributed by atoms with Crippen LogP contribution in [-0.2, 0) is 6.61 Å². The summed E-state index contributed by atoms with van der Waals surface area (Å²) in [5, 5.41) is 11.4. The van der Waals surface area contributed by atoms with Crippen molar-refractivity contribution in [2.24, 2.45) is 4.99 Å². The summed E-state index contributed by atoms with van der Waals surface area (Å²) < 4.78 is 5.72. The number of aromatic hydroxyl groups is 1. The number of rotatable bonds is 5. The Morgan fingerprint density at radius 1 is 1.10 bits per heavy atom. The van der Waals surface area contributed by atoms with Crippen molar-refractivity contribution in [1.82, 2.24) is 9.97 Å². The molecule has 0 spiro atoms. The SMILES string of the molecule is Cc1ccc2c(=O)[nH]c(O)c(C=Nc3ccc(OCc4ccccn4)cc3)c2c1. The van der Waals surface area contributed by atoms with Gasteiger partial charge < -0.3 is 9.84 Å². The molecule has 0 fully saturated rings. The van der Waals surface area contributed by atoms with Gasteiger partial charge in [0.15, 0.2) is 0 Å². The highest BCUT2D eigenvalue weighted by Gasteiger charge is 2.09. The number of pyridine rings is 2. The van der Waals surface area contributed by atoms with Crippen LogP contribution in [0.25, 0.3) is 10.8 Å². The highest BCUT2D eigenvalue weighted by molar-refractivity contribution is 6.02. The summed E-state index contributed by atoms with van der Waals surface area (Å²) in [4.78, 5) is 23.2. The third-order valence-electron chi connectivity index (χ3n) is 4.49. The van der Waals surface area contributed by atoms with Gasteiger partial charge in [-0.25, -0.2) is 0 Å². The molecule has 0 radical (unpaired) electrons. The van der Waals surface area contributed by atoms with Crippen molar-refractivity contribution in [1.29, 1.82) is 0 Å². The number of nitrogens with zero attached hydrogens (tertiary/aromatic N) is 2. The lowest BCUT2D eigenvalue weighted by molar-refractivity contribution is 0.301. The fourth-order valence-electron chi connectivity index (χ4n) is 2.99. The zero-order valence-corrected chi connectivity index (χ0v) is 15.8. The number of nitrogens with one attached hydrogen (secondary N) is 1. The molecule has 29 heavy (non-hydrogen) atoms. The predicted molar refractivity (Wildman–Crippen MR) is 113 cm³/mol. The minimum Gasteiger partial charge on any atom is -0.494 e. The summed E-state index contributed by atoms with van der Waals surface area (Å²) >= 11 is 0. The molecule has 0 aliphatic rings. The van der Waals surface area contributed by atoms with Gasteiger partial charge in [0.25, 0.3) is 5.56 Å². The maximum atomic E-state index is 12.1. The first-order valence-electron chi connectivity index (χ1n) is 9.12. The summed E-state index contributed by atoms with van der Waals surface area (Å²) in [6.45, 7) is 2.32. The summed E-state index contributed by atoms with van der Waals surface area (Å²) in [5.41, 5.74) is 2.68. The predicted octanol–water partition coefficient (Wildman–Crippen LogP) is 4.27. The van der Waals surface area contributed by atoms with E-state index in [9.17, 15) is 9.90 Å². The molecule has 0 amide bonds. The molecule has 6 nitrogen and oxygen atoms in total. The summed E-state index contributed by atoms with van der Waals surface area (Å²) in [6.07, 6.45) is 3.28. The molecule has 2 aromatic carbocycles. The molecule has 6 heteroatoms. The van der Waals surface area contributed by atoms with E-state index in [4.69, 9.17) is 4.74 Å². The molecule has 4 rings (SSSR count). The van der Waals surface area contributed by atoms with Crippen LogP contribution in [0.5, 0.6) is 11.6 Å². The van der Waals surface area contributed by atoms with Gasteiger partial charge in [0.05, 0.1) is 16.9 Å². The second-order valence-electron chi connectivity index (χ2n) is 6.63. The number of hydrogen-bond donors (Lipinski definition) is 2. The second-order valence-corrected chi connectivity index (χ2v) is 6.63. The Morgan fingerprint density at radius 3 is 2.69 bits per heavy atom. The molecular weight excluding hydrogens is 366 g/mol. The average molecular weight is 385 g/mol. The van der Waals surface area contributed by atoms with Crippen LogP contribution in [0.15, 0.2) is 76.6 Å². The fraction of sp³-hybridized carbons (Fsp3) is 0.0870. The Balaban J connectivity index is 1.55. The highest BCUT2D eigenvalue weighted by Crippen LogP contribution is 2.24. The van der Waals surface area contributed by atoms with Gasteiger partial charge in [-0.2, -0.15) is 0 Å². The van der Waals surface area contributed by atoms with Crippen molar-refractivity contribution in [3.8, 4) is 11.6 Å². The van der Waals surface area contributed by atoms with Gasteiger partial charge in [-0.05, 0) is 49.4 Å². The first-order chi connectivity index (χ1) is 14.1. The molecule has 0 aliphatic carbocycles. The van der Waals surface area contributed by atoms with E-state index in [1.165, 1.54) is 0 Å². The van der Waals surface area contributed by atoms with Crippen LogP contribution in [0.3, 0.4) is 0 Å². The Kier molecular flexibility index (Phi) is 5.07. The number of benzene rings is 2. The molecule has 2 N–H and O–H groups in total. The van der Waals surface area contributed by atoms with E-state index in [1.54, 1.807) is 18.5 Å². The van der Waals surface area contributed by atoms with Crippen LogP contribution in [0.4, 0.5) is 5.69 Å². The van der Waals surface area contributed by atoms with E-state index in [0.29, 0.717) is 34.4 Å². The Labute approximate surface area is 167 Å². The number of aryl methyl sites for hydroxylation is 1. The van der Waals surface area contributed by atoms with E-state index in [1.807, 2.05) is 61.5 Å². The maximum Gasteiger partial charge on any atom is 0.258 e. The second kappa shape index (κ2) is 7.98. The third-order valence-corrected chi connectivity index (χ3v) is 4.49. The molecule has 0 atom stereocenters. The number of aliphatic imine (C=N–C) groups is 1. The Bertz CT molecular complexity index is 1230. The highest BCUT2D eigenvalue weighted by atomic mass is 16.5. The summed E-state index contributed by atoms with van der Waals surface area (Å²) in [6, 6.07) is 18.4. The minimum absolute atomic E-state index is 0.202. The normalized spacial score (nSPS) is 11.2. The average Bonchev–Trinajstić information content (AvgIpc) is 2.73. The molecule has 2 heterocycles. The van der Waals surface area contributed by atoms with Gasteiger partial charge in [0.2, 0.25) is 5.88 Å². The lowest BCUT2D eigenvalue weighted by atomic mass is 10.1. The monoisotopic (exact) mass is 385 g/mol. The fourth-order valence-corrected chi connectivity index (χ4v) is 2.99. The molecule has 4 aromatic rings. The number of H-pyrrole nitrogens is 1. The molecule has 0 aliphatic heterocycles. The third kappa shape index (κ3) is 4.16. The van der Waals surface area contributed by atoms with E-state index >= 15 is 0 Å². The molecule has 144 valence electrons. The quantitative estimate of drug-likeness (QED) is 0.502. The van der Waals surface area contributed by atoms with Crippen molar-refractivity contribution in [2.45, 2.75) is 13.5 Å². The smallest absolute Gasteiger partial charge is 0.258 e. The first-order valence-corrected chi connectivity index (χ1v) is 9.12. The van der Waals surface area contributed by atoms with Crippen LogP contribution in [0.1, 0.15) is 16.8 Å². The number of fused-ring (bicyclic) bond motifs is 1. The van der Waals surface area contributed by atoms with Crippen LogP contribution >= 0.6 is 0 Å². The number of aromatic amines is 1. The van der Waals surface area contributed by atoms with Crippen molar-refractivity contribution < 1.29 is 9.84 Å². The van der Waals surface area contributed by atoms with Crippen LogP contribution in [0.2, 0.25) is 0 Å². The van der Waals surface area contributed by atoms with Crippen molar-refractivity contribution in [2.75, 3.05) is 0 Å². The lowest BCUT2D eigenvalue weighted by Gasteiger charge is -2.06. The molecule has 0 bridgehead atoms. The van der Waals surface area contributed by atoms with E-state index in [0.717, 1.165) is 11.3 Å². The number of ether oxygens (including phenoxy) is 1. The summed E-state index contributed by atoms with van der Waals surface area (Å²) in [7, 11) is 0. The zero-order valence-electron chi connectivity index (χ0n) is 15.8. The van der Waals surface area contributed by atoms with Crippen LogP contribution in [0, 0.1) is 6.92 Å². The van der Waals surface area contributed by atoms with Crippen molar-refractivity contribution in [3.05, 3.63) is 94.0 Å². The molecule has 2 aromatic heterocycles. The van der Waals surface area contributed by atoms with Gasteiger partial charge >= 0.3 is 0 Å². The standard InChI is InChI=1S/C23H19N3O3/c1-15-5-10-19-20(12-15)21(23(28)26-22(19)27)13-25-16-6-8-18(9-7-16)29-14-17-4-2-3-11-24-17/h2-13H,14H2,1H3,(H2,26,27,28). The van der Waals surface area contributed by atoms with Crippen LogP contribution in [-0.4, -0.2) is 21.3 Å². The van der Waals surface area contributed by atoms with E-state index < -0.39 is 0 Å². The lowest BCUT2D eigenvalue weighted by Crippen LogP contribution is -2.08. The Morgan fingerprint density at radius 2 is 1.93 bits per heavy atom. The van der Waals surface area contributed by atoms with Gasteiger partial charge in [-0.15, -0.1) is 0 Å². The van der Waals surface area contributed by atoms with Crippen molar-refractivity contribution >= 4 is 22.7 Å². The molecule has 0 saturated carbocycles. The minimum atomic E-state index is -0.330. The molecule has 0 saturated heterocycles. The summed E-state index contributed by atoms with van der Waals surface area (Å²) in [5.74, 6) is 0.509. The topological polar surface area (TPSA) is 87.6 Å². The van der Waals surface area contributed by atoms with Crippen LogP contribution < -0.4 is 10.3 Å². The largest absolute Gasteiger partial charge is 0.494 e. The van der Waals surface area contributed by atoms with Gasteiger partial charge in [0.1, 0.15) is 12.4 Å². The van der Waals surface area contributed by atoms with Gasteiger partial charge in [-0.3, -0.25) is 19.8 Å². The van der Waals surface area contributed by atoms with Gasteiger partial charge in [0, 0.05) is 23.2 Å². The van der Waals surface area contributed by atoms with Crippen molar-refractivity contribution in [3.63, 3.8) is 0 Å². The number of aromatic nitrogens is 2. The molecular formula is C23H19N3O3. The Hall–Kier alpha value is -3.93. The number of hydrogen-bond acceptors (Lipinski definition) is 5. The first kappa shape index (κ1) is 18.4. The maximum absolute atomic E-state index is 12.1.